The van der Waals surface area contributed by atoms with Gasteiger partial charge in [-0.1, -0.05) is 72.8 Å². The third-order valence-electron chi connectivity index (χ3n) is 10.8. The molecule has 54 heavy (non-hydrogen) atoms. The molecule has 1 heterocycles. The lowest BCUT2D eigenvalue weighted by atomic mass is 9.71. The van der Waals surface area contributed by atoms with Crippen LogP contribution in [0.15, 0.2) is 78.9 Å². The lowest BCUT2D eigenvalue weighted by molar-refractivity contribution is -0.263. The lowest BCUT2D eigenvalue weighted by Gasteiger charge is -2.46. The molecule has 286 valence electrons. The second-order valence-electron chi connectivity index (χ2n) is 14.1. The van der Waals surface area contributed by atoms with Crippen molar-refractivity contribution >= 4 is 24.0 Å². The average molecular weight is 762 g/mol. The third-order valence-corrected chi connectivity index (χ3v) is 10.8. The molecule has 3 aliphatic rings. The van der Waals surface area contributed by atoms with Crippen LogP contribution in [0.25, 0.3) is 0 Å². The zero-order valence-corrected chi connectivity index (χ0v) is 30.6. The minimum atomic E-state index is -2.08. The van der Waals surface area contributed by atoms with E-state index in [2.05, 4.69) is 4.90 Å². The van der Waals surface area contributed by atoms with Crippen LogP contribution in [0, 0.1) is 0 Å². The van der Waals surface area contributed by atoms with Crippen molar-refractivity contribution in [2.75, 3.05) is 13.7 Å². The molecule has 1 fully saturated rings. The van der Waals surface area contributed by atoms with E-state index in [4.69, 9.17) is 14.2 Å². The van der Waals surface area contributed by atoms with Gasteiger partial charge in [0.15, 0.2) is 12.1 Å². The van der Waals surface area contributed by atoms with E-state index in [1.54, 1.807) is 6.92 Å². The van der Waals surface area contributed by atoms with E-state index in [1.165, 1.54) is 25.3 Å². The molecular formula is C41H44ClNO11. The summed E-state index contributed by atoms with van der Waals surface area (Å²) in [5.41, 5.74) is -1.19. The predicted octanol–water partition coefficient (Wildman–Crippen LogP) is 3.96. The van der Waals surface area contributed by atoms with Crippen molar-refractivity contribution in [2.45, 2.75) is 81.6 Å². The van der Waals surface area contributed by atoms with Crippen molar-refractivity contribution in [3.05, 3.63) is 123 Å². The number of benzene rings is 4. The molecule has 0 radical (unpaired) electrons. The maximum atomic E-state index is 14.0. The normalized spacial score (nSPS) is 25.3. The van der Waals surface area contributed by atoms with E-state index in [9.17, 15) is 40.2 Å². The summed E-state index contributed by atoms with van der Waals surface area (Å²) in [4.78, 5) is 30.0. The molecule has 2 aliphatic carbocycles. The Kier molecular flexibility index (Phi) is 11.5. The molecule has 4 aromatic carbocycles. The summed E-state index contributed by atoms with van der Waals surface area (Å²) in [6, 6.07) is 23.6. The fraction of sp³-hybridized carbons (Fsp3) is 0.366. The monoisotopic (exact) mass is 761 g/mol. The molecule has 0 saturated carbocycles. The van der Waals surface area contributed by atoms with Gasteiger partial charge in [-0.3, -0.25) is 14.5 Å². The average Bonchev–Trinajstić information content (AvgIpc) is 3.16. The maximum Gasteiger partial charge on any atom is 0.202 e. The molecule has 6 N–H and O–H groups in total. The number of carbonyl (C=O) groups is 2. The first kappa shape index (κ1) is 39.3. The van der Waals surface area contributed by atoms with Gasteiger partial charge in [0, 0.05) is 55.1 Å². The van der Waals surface area contributed by atoms with E-state index < -0.39 is 89.6 Å². The van der Waals surface area contributed by atoms with Crippen LogP contribution in [0.1, 0.15) is 80.0 Å². The molecular weight excluding hydrogens is 718 g/mol. The molecule has 0 amide bonds. The lowest BCUT2D eigenvalue weighted by Crippen LogP contribution is -2.55. The summed E-state index contributed by atoms with van der Waals surface area (Å²) < 4.78 is 18.1. The van der Waals surface area contributed by atoms with Crippen LogP contribution in [-0.2, 0) is 29.0 Å². The quantitative estimate of drug-likeness (QED) is 0.113. The van der Waals surface area contributed by atoms with E-state index >= 15 is 0 Å². The van der Waals surface area contributed by atoms with Crippen LogP contribution < -0.4 is 4.74 Å². The number of aromatic hydroxyl groups is 2. The van der Waals surface area contributed by atoms with E-state index in [-0.39, 0.29) is 53.3 Å². The fourth-order valence-corrected chi connectivity index (χ4v) is 8.07. The Balaban J connectivity index is 0.00000497. The Morgan fingerprint density at radius 2 is 1.50 bits per heavy atom. The minimum Gasteiger partial charge on any atom is -0.507 e. The molecule has 0 spiro atoms. The Hall–Kier alpha value is -4.37. The zero-order chi connectivity index (χ0) is 37.6. The number of carbonyl (C=O) groups excluding carboxylic acids is 2. The molecule has 0 aromatic heterocycles. The van der Waals surface area contributed by atoms with E-state index in [1.807, 2.05) is 60.7 Å². The van der Waals surface area contributed by atoms with Crippen LogP contribution in [0.4, 0.5) is 0 Å². The van der Waals surface area contributed by atoms with Crippen molar-refractivity contribution in [1.29, 1.82) is 0 Å². The largest absolute Gasteiger partial charge is 0.507 e. The van der Waals surface area contributed by atoms with Crippen LogP contribution in [0.5, 0.6) is 17.2 Å². The first-order valence-corrected chi connectivity index (χ1v) is 17.6. The van der Waals surface area contributed by atoms with Gasteiger partial charge in [-0.25, -0.2) is 0 Å². The standard InChI is InChI=1S/C41H43NO11.ClH/c1-22-36(45)27(42(19-23-10-5-3-6-11-23)20-24-12-7-4-8-13-24)16-31(52-22)53-29-18-41(50,30(44)21-43)17-26-33(29)40(49)35-34(38(26)47)37(46)25-14-9-15-28(51-2)32(25)39(35)48;/h3-15,22,27,29-31,36,43-45,47,49-50H,16-21H2,1-2H3;1H/t22-,27-,29-,30?,31-,36+,41-;/m0./s1. The summed E-state index contributed by atoms with van der Waals surface area (Å²) in [5, 5.41) is 67.7. The summed E-state index contributed by atoms with van der Waals surface area (Å²) in [7, 11) is 1.35. The minimum absolute atomic E-state index is 0. The number of hydrogen-bond donors (Lipinski definition) is 6. The van der Waals surface area contributed by atoms with Crippen LogP contribution in [0.2, 0.25) is 0 Å². The van der Waals surface area contributed by atoms with Gasteiger partial charge < -0.3 is 44.8 Å². The number of phenolic OH excluding ortho intramolecular Hbond substituents is 2. The van der Waals surface area contributed by atoms with Gasteiger partial charge in [-0.2, -0.15) is 0 Å². The van der Waals surface area contributed by atoms with Gasteiger partial charge in [-0.15, -0.1) is 12.4 Å². The number of nitrogens with zero attached hydrogens (tertiary/aromatic N) is 1. The SMILES string of the molecule is COc1cccc2c1C(=O)c1c(O)c3c(c(O)c1C2=O)C[C@@](O)(C(O)CO)C[C@@H]3O[C@H]1C[C@H](N(Cc2ccccc2)Cc2ccccc2)[C@H](O)[C@H](C)O1.Cl. The Labute approximate surface area is 318 Å². The number of aliphatic hydroxyl groups is 4. The first-order valence-electron chi connectivity index (χ1n) is 17.6. The summed E-state index contributed by atoms with van der Waals surface area (Å²) in [6.45, 7) is 1.87. The van der Waals surface area contributed by atoms with Gasteiger partial charge in [0.25, 0.3) is 0 Å². The van der Waals surface area contributed by atoms with Crippen LogP contribution >= 0.6 is 12.4 Å². The smallest absolute Gasteiger partial charge is 0.202 e. The van der Waals surface area contributed by atoms with E-state index in [0.717, 1.165) is 11.1 Å². The third kappa shape index (κ3) is 7.00. The molecule has 1 aliphatic heterocycles. The number of fused-ring (bicyclic) bond motifs is 3. The molecule has 4 aromatic rings. The predicted molar refractivity (Wildman–Crippen MR) is 198 cm³/mol. The van der Waals surface area contributed by atoms with E-state index in [0.29, 0.717) is 13.1 Å². The number of methoxy groups -OCH3 is 1. The summed E-state index contributed by atoms with van der Waals surface area (Å²) in [5.74, 6) is -2.65. The fourth-order valence-electron chi connectivity index (χ4n) is 8.07. The van der Waals surface area contributed by atoms with Crippen molar-refractivity contribution in [3.63, 3.8) is 0 Å². The molecule has 0 bridgehead atoms. The summed E-state index contributed by atoms with van der Waals surface area (Å²) in [6.07, 6.45) is -6.44. The highest BCUT2D eigenvalue weighted by Crippen LogP contribution is 2.53. The van der Waals surface area contributed by atoms with Crippen LogP contribution in [-0.4, -0.2) is 97.1 Å². The van der Waals surface area contributed by atoms with Crippen molar-refractivity contribution in [3.8, 4) is 17.2 Å². The highest BCUT2D eigenvalue weighted by molar-refractivity contribution is 6.31. The molecule has 13 heteroatoms. The Bertz CT molecular complexity index is 1970. The zero-order valence-electron chi connectivity index (χ0n) is 29.8. The number of aliphatic hydroxyl groups excluding tert-OH is 3. The van der Waals surface area contributed by atoms with Crippen molar-refractivity contribution < 1.29 is 54.4 Å². The molecule has 1 unspecified atom stereocenters. The van der Waals surface area contributed by atoms with Crippen molar-refractivity contribution in [1.82, 2.24) is 4.90 Å². The number of phenols is 2. The number of ketones is 2. The Morgan fingerprint density at radius 3 is 2.09 bits per heavy atom. The van der Waals surface area contributed by atoms with Gasteiger partial charge in [-0.05, 0) is 24.1 Å². The second-order valence-corrected chi connectivity index (χ2v) is 14.1. The highest BCUT2D eigenvalue weighted by Gasteiger charge is 2.50. The highest BCUT2D eigenvalue weighted by atomic mass is 35.5. The molecule has 7 atom stereocenters. The number of halogens is 1. The molecule has 12 nitrogen and oxygen atoms in total. The van der Waals surface area contributed by atoms with Gasteiger partial charge in [0.2, 0.25) is 5.78 Å². The van der Waals surface area contributed by atoms with Gasteiger partial charge >= 0.3 is 0 Å². The maximum absolute atomic E-state index is 14.0. The number of hydrogen-bond acceptors (Lipinski definition) is 12. The summed E-state index contributed by atoms with van der Waals surface area (Å²) >= 11 is 0. The second kappa shape index (κ2) is 15.8. The molecule has 7 rings (SSSR count). The molecule has 1 saturated heterocycles. The van der Waals surface area contributed by atoms with Gasteiger partial charge in [0.05, 0.1) is 54.3 Å². The van der Waals surface area contributed by atoms with Crippen molar-refractivity contribution in [2.24, 2.45) is 0 Å². The number of rotatable bonds is 10. The van der Waals surface area contributed by atoms with Gasteiger partial charge in [0.1, 0.15) is 23.4 Å². The Morgan fingerprint density at radius 1 is 0.889 bits per heavy atom. The van der Waals surface area contributed by atoms with Crippen LogP contribution in [0.3, 0.4) is 0 Å². The topological polar surface area (TPSA) is 186 Å². The number of ether oxygens (including phenoxy) is 3. The first-order chi connectivity index (χ1) is 25.4.